The van der Waals surface area contributed by atoms with E-state index in [1.807, 2.05) is 37.4 Å². The van der Waals surface area contributed by atoms with Crippen molar-refractivity contribution in [2.75, 3.05) is 11.9 Å². The highest BCUT2D eigenvalue weighted by molar-refractivity contribution is 7.13. The number of hydrogen-bond acceptors (Lipinski definition) is 7. The van der Waals surface area contributed by atoms with Crippen molar-refractivity contribution >= 4 is 28.3 Å². The van der Waals surface area contributed by atoms with Gasteiger partial charge in [0.05, 0.1) is 5.69 Å². The lowest BCUT2D eigenvalue weighted by Gasteiger charge is -2.30. The van der Waals surface area contributed by atoms with Crippen LogP contribution in [0.5, 0.6) is 0 Å². The highest BCUT2D eigenvalue weighted by Crippen LogP contribution is 2.30. The number of amides is 2. The van der Waals surface area contributed by atoms with Crippen LogP contribution < -0.4 is 5.32 Å². The Morgan fingerprint density at radius 2 is 2.06 bits per heavy atom. The molecule has 5 rings (SSSR count). The van der Waals surface area contributed by atoms with Gasteiger partial charge in [-0.2, -0.15) is 5.10 Å². The van der Waals surface area contributed by atoms with Crippen molar-refractivity contribution < 1.29 is 14.1 Å². The second-order valence-corrected chi connectivity index (χ2v) is 8.62. The topological polar surface area (TPSA) is 106 Å². The van der Waals surface area contributed by atoms with Crippen LogP contribution in [0, 0.1) is 6.92 Å². The quantitative estimate of drug-likeness (QED) is 0.514. The molecule has 10 heteroatoms. The van der Waals surface area contributed by atoms with Gasteiger partial charge in [-0.05, 0) is 6.92 Å². The molecule has 0 bridgehead atoms. The number of nitrogens with zero attached hydrogens (tertiary/aromatic N) is 5. The minimum Gasteiger partial charge on any atom is -0.355 e. The number of aryl methyl sites for hydroxylation is 2. The minimum absolute atomic E-state index is 0.187. The third-order valence-electron chi connectivity index (χ3n) is 5.36. The molecule has 0 spiro atoms. The summed E-state index contributed by atoms with van der Waals surface area (Å²) >= 11 is 1.34. The Labute approximate surface area is 187 Å². The van der Waals surface area contributed by atoms with E-state index in [4.69, 9.17) is 4.52 Å². The first kappa shape index (κ1) is 20.1. The van der Waals surface area contributed by atoms with Gasteiger partial charge in [0.25, 0.3) is 5.91 Å². The molecule has 1 aromatic carbocycles. The molecule has 0 fully saturated rings. The molecule has 3 aromatic heterocycles. The standard InChI is InChI=1S/C22H20N6O3S/c1-13-3-5-14(6-4-13)18-9-17(26-31-18)21(30)28-11-15-10-27(2)25-19(15)16(12-28)20(29)24-22-23-7-8-32-22/h3-10,16H,11-12H2,1-2H3,(H,23,24,29). The summed E-state index contributed by atoms with van der Waals surface area (Å²) in [5.41, 5.74) is 3.68. The predicted molar refractivity (Wildman–Crippen MR) is 118 cm³/mol. The number of fused-ring (bicyclic) bond motifs is 1. The van der Waals surface area contributed by atoms with Crippen molar-refractivity contribution in [3.05, 3.63) is 70.6 Å². The first-order chi connectivity index (χ1) is 15.5. The zero-order valence-corrected chi connectivity index (χ0v) is 18.3. The summed E-state index contributed by atoms with van der Waals surface area (Å²) in [7, 11) is 1.80. The molecule has 0 saturated heterocycles. The zero-order valence-electron chi connectivity index (χ0n) is 17.5. The number of aromatic nitrogens is 4. The van der Waals surface area contributed by atoms with E-state index in [1.165, 1.54) is 11.3 Å². The molecule has 1 aliphatic rings. The van der Waals surface area contributed by atoms with Crippen LogP contribution in [-0.2, 0) is 18.4 Å². The molecule has 4 aromatic rings. The molecule has 4 heterocycles. The van der Waals surface area contributed by atoms with Gasteiger partial charge in [0, 0.05) is 55.1 Å². The minimum atomic E-state index is -0.615. The fraction of sp³-hybridized carbons (Fsp3) is 0.227. The SMILES string of the molecule is Cc1ccc(-c2cc(C(=O)N3Cc4cn(C)nc4C(C(=O)Nc4nccs4)C3)no2)cc1. The molecule has 9 nitrogen and oxygen atoms in total. The van der Waals surface area contributed by atoms with Crippen molar-refractivity contribution in [2.45, 2.75) is 19.4 Å². The predicted octanol–water partition coefficient (Wildman–Crippen LogP) is 3.22. The van der Waals surface area contributed by atoms with Gasteiger partial charge in [0.2, 0.25) is 5.91 Å². The summed E-state index contributed by atoms with van der Waals surface area (Å²) in [6.07, 6.45) is 3.46. The van der Waals surface area contributed by atoms with Gasteiger partial charge in [-0.15, -0.1) is 11.3 Å². The zero-order chi connectivity index (χ0) is 22.2. The van der Waals surface area contributed by atoms with Gasteiger partial charge < -0.3 is 14.7 Å². The smallest absolute Gasteiger partial charge is 0.276 e. The summed E-state index contributed by atoms with van der Waals surface area (Å²) in [6, 6.07) is 9.42. The second-order valence-electron chi connectivity index (χ2n) is 7.72. The fourth-order valence-corrected chi connectivity index (χ4v) is 4.31. The van der Waals surface area contributed by atoms with E-state index < -0.39 is 5.92 Å². The van der Waals surface area contributed by atoms with Crippen molar-refractivity contribution in [1.82, 2.24) is 24.8 Å². The lowest BCUT2D eigenvalue weighted by atomic mass is 9.95. The van der Waals surface area contributed by atoms with Crippen LogP contribution in [-0.4, -0.2) is 43.2 Å². The Kier molecular flexibility index (Phi) is 5.06. The molecular weight excluding hydrogens is 428 g/mol. The number of benzene rings is 1. The Balaban J connectivity index is 1.39. The lowest BCUT2D eigenvalue weighted by Crippen LogP contribution is -2.42. The number of hydrogen-bond donors (Lipinski definition) is 1. The Morgan fingerprint density at radius 1 is 1.25 bits per heavy atom. The number of anilines is 1. The van der Waals surface area contributed by atoms with E-state index in [0.717, 1.165) is 16.7 Å². The Bertz CT molecular complexity index is 1280. The molecule has 0 radical (unpaired) electrons. The second kappa shape index (κ2) is 8.04. The van der Waals surface area contributed by atoms with Gasteiger partial charge in [-0.3, -0.25) is 14.3 Å². The molecule has 32 heavy (non-hydrogen) atoms. The monoisotopic (exact) mass is 448 g/mol. The van der Waals surface area contributed by atoms with Gasteiger partial charge in [0.1, 0.15) is 5.92 Å². The van der Waals surface area contributed by atoms with Gasteiger partial charge in [-0.1, -0.05) is 35.0 Å². The molecule has 1 aliphatic heterocycles. The largest absolute Gasteiger partial charge is 0.355 e. The van der Waals surface area contributed by atoms with Gasteiger partial charge in [-0.25, -0.2) is 4.98 Å². The third kappa shape index (κ3) is 3.80. The molecule has 0 aliphatic carbocycles. The molecule has 2 amide bonds. The highest BCUT2D eigenvalue weighted by Gasteiger charge is 2.36. The van der Waals surface area contributed by atoms with Crippen molar-refractivity contribution in [1.29, 1.82) is 0 Å². The van der Waals surface area contributed by atoms with Crippen LogP contribution in [0.15, 0.2) is 52.6 Å². The average molecular weight is 449 g/mol. The number of nitrogens with one attached hydrogen (secondary N) is 1. The third-order valence-corrected chi connectivity index (χ3v) is 6.05. The van der Waals surface area contributed by atoms with Crippen molar-refractivity contribution in [2.24, 2.45) is 7.05 Å². The number of carbonyl (C=O) groups excluding carboxylic acids is 2. The van der Waals surface area contributed by atoms with Crippen molar-refractivity contribution in [3.8, 4) is 11.3 Å². The van der Waals surface area contributed by atoms with E-state index in [9.17, 15) is 9.59 Å². The van der Waals surface area contributed by atoms with E-state index in [-0.39, 0.29) is 24.1 Å². The highest BCUT2D eigenvalue weighted by atomic mass is 32.1. The summed E-state index contributed by atoms with van der Waals surface area (Å²) in [6.45, 7) is 2.53. The van der Waals surface area contributed by atoms with Crippen LogP contribution in [0.3, 0.4) is 0 Å². The van der Waals surface area contributed by atoms with Crippen LogP contribution in [0.1, 0.15) is 33.2 Å². The summed E-state index contributed by atoms with van der Waals surface area (Å²) in [4.78, 5) is 31.9. The number of carbonyl (C=O) groups is 2. The molecular formula is C22H20N6O3S. The van der Waals surface area contributed by atoms with Gasteiger partial charge in [0.15, 0.2) is 16.6 Å². The molecule has 162 valence electrons. The molecule has 0 saturated carbocycles. The maximum Gasteiger partial charge on any atom is 0.276 e. The molecule has 1 unspecified atom stereocenters. The lowest BCUT2D eigenvalue weighted by molar-refractivity contribution is -0.118. The van der Waals surface area contributed by atoms with E-state index in [1.54, 1.807) is 34.3 Å². The summed E-state index contributed by atoms with van der Waals surface area (Å²) in [5.74, 6) is -0.645. The average Bonchev–Trinajstić information content (AvgIpc) is 3.53. The van der Waals surface area contributed by atoms with Crippen LogP contribution >= 0.6 is 11.3 Å². The van der Waals surface area contributed by atoms with Crippen LogP contribution in [0.4, 0.5) is 5.13 Å². The first-order valence-corrected chi connectivity index (χ1v) is 10.9. The fourth-order valence-electron chi connectivity index (χ4n) is 3.78. The maximum absolute atomic E-state index is 13.2. The Morgan fingerprint density at radius 3 is 2.81 bits per heavy atom. The maximum atomic E-state index is 13.2. The number of thiazole rings is 1. The van der Waals surface area contributed by atoms with Gasteiger partial charge >= 0.3 is 0 Å². The summed E-state index contributed by atoms with van der Waals surface area (Å²) in [5, 5.41) is 13.6. The van der Waals surface area contributed by atoms with E-state index >= 15 is 0 Å². The number of rotatable bonds is 4. The molecule has 1 N–H and O–H groups in total. The van der Waals surface area contributed by atoms with Crippen LogP contribution in [0.2, 0.25) is 0 Å². The van der Waals surface area contributed by atoms with Crippen LogP contribution in [0.25, 0.3) is 11.3 Å². The Hall–Kier alpha value is -3.79. The van der Waals surface area contributed by atoms with E-state index in [2.05, 4.69) is 20.6 Å². The first-order valence-electron chi connectivity index (χ1n) is 10.0. The summed E-state index contributed by atoms with van der Waals surface area (Å²) < 4.78 is 7.08. The van der Waals surface area contributed by atoms with E-state index in [0.29, 0.717) is 23.1 Å². The molecule has 1 atom stereocenters. The van der Waals surface area contributed by atoms with Crippen molar-refractivity contribution in [3.63, 3.8) is 0 Å². The normalized spacial score (nSPS) is 15.4.